The Morgan fingerprint density at radius 1 is 1.06 bits per heavy atom. The minimum absolute atomic E-state index is 0.103. The molecule has 4 aromatic rings. The van der Waals surface area contributed by atoms with Crippen molar-refractivity contribution < 1.29 is 13.2 Å². The van der Waals surface area contributed by atoms with E-state index in [-0.39, 0.29) is 23.0 Å². The van der Waals surface area contributed by atoms with Gasteiger partial charge in [-0.3, -0.25) is 0 Å². The van der Waals surface area contributed by atoms with Crippen molar-refractivity contribution in [2.45, 2.75) is 38.5 Å². The Balaban J connectivity index is 1.68. The molecular formula is C20H17Cl2F3N6. The zero-order chi connectivity index (χ0) is 22.3. The van der Waals surface area contributed by atoms with Crippen LogP contribution in [-0.4, -0.2) is 29.1 Å². The zero-order valence-corrected chi connectivity index (χ0v) is 18.0. The molecule has 3 aromatic heterocycles. The maximum atomic E-state index is 13.1. The van der Waals surface area contributed by atoms with Crippen LogP contribution < -0.4 is 0 Å². The summed E-state index contributed by atoms with van der Waals surface area (Å²) in [5.74, 6) is 1.06. The third-order valence-electron chi connectivity index (χ3n) is 4.79. The molecule has 0 fully saturated rings. The molecule has 0 bridgehead atoms. The minimum atomic E-state index is -4.50. The second kappa shape index (κ2) is 8.12. The molecule has 0 spiro atoms. The summed E-state index contributed by atoms with van der Waals surface area (Å²) in [5.41, 5.74) is 1.71. The third-order valence-corrected chi connectivity index (χ3v) is 5.21. The fourth-order valence-corrected chi connectivity index (χ4v) is 3.63. The quantitative estimate of drug-likeness (QED) is 0.277. The number of nitrogens with zero attached hydrogens (tertiary/aromatic N) is 6. The summed E-state index contributed by atoms with van der Waals surface area (Å²) in [6.45, 7) is 4.04. The highest BCUT2D eigenvalue weighted by Gasteiger charge is 2.35. The summed E-state index contributed by atoms with van der Waals surface area (Å²) in [6.07, 6.45) is -1.93. The molecule has 162 valence electrons. The second-order valence-corrected chi connectivity index (χ2v) is 7.85. The average molecular weight is 469 g/mol. The van der Waals surface area contributed by atoms with Gasteiger partial charge in [0.25, 0.3) is 0 Å². The van der Waals surface area contributed by atoms with Crippen LogP contribution in [-0.2, 0) is 18.6 Å². The number of rotatable bonds is 5. The predicted molar refractivity (Wildman–Crippen MR) is 112 cm³/mol. The lowest BCUT2D eigenvalue weighted by atomic mass is 10.1. The first-order valence-corrected chi connectivity index (χ1v) is 10.3. The standard InChI is InChI=1S/C20H17Cl2F3N6/c1-11(2)30-10-15(20(23,24)25)28-17(30)13-5-3-12(4-6-13)9-31-16(7-21)27-14-8-26-19(22)29-18(14)31/h3-6,8,10-11H,7,9H2,1-2H3. The van der Waals surface area contributed by atoms with Crippen LogP contribution in [0.2, 0.25) is 5.28 Å². The first-order valence-electron chi connectivity index (χ1n) is 9.36. The monoisotopic (exact) mass is 468 g/mol. The highest BCUT2D eigenvalue weighted by Crippen LogP contribution is 2.32. The fraction of sp³-hybridized carbons (Fsp3) is 0.300. The molecule has 0 aliphatic rings. The van der Waals surface area contributed by atoms with Gasteiger partial charge in [-0.2, -0.15) is 18.2 Å². The summed E-state index contributed by atoms with van der Waals surface area (Å²) >= 11 is 12.0. The lowest BCUT2D eigenvalue weighted by Gasteiger charge is -2.12. The fourth-order valence-electron chi connectivity index (χ4n) is 3.29. The van der Waals surface area contributed by atoms with Gasteiger partial charge >= 0.3 is 6.18 Å². The molecule has 0 aliphatic heterocycles. The van der Waals surface area contributed by atoms with Crippen molar-refractivity contribution in [2.75, 3.05) is 0 Å². The van der Waals surface area contributed by atoms with Crippen LogP contribution in [0, 0.1) is 0 Å². The van der Waals surface area contributed by atoms with E-state index in [0.717, 1.165) is 11.8 Å². The topological polar surface area (TPSA) is 61.4 Å². The summed E-state index contributed by atoms with van der Waals surface area (Å²) < 4.78 is 42.8. The van der Waals surface area contributed by atoms with E-state index in [2.05, 4.69) is 19.9 Å². The summed E-state index contributed by atoms with van der Waals surface area (Å²) in [6, 6.07) is 6.98. The highest BCUT2D eigenvalue weighted by molar-refractivity contribution is 6.28. The van der Waals surface area contributed by atoms with E-state index in [1.165, 1.54) is 10.8 Å². The van der Waals surface area contributed by atoms with Crippen molar-refractivity contribution >= 4 is 34.4 Å². The zero-order valence-electron chi connectivity index (χ0n) is 16.5. The molecule has 0 radical (unpaired) electrons. The van der Waals surface area contributed by atoms with Gasteiger partial charge in [0.15, 0.2) is 11.3 Å². The van der Waals surface area contributed by atoms with E-state index < -0.39 is 11.9 Å². The summed E-state index contributed by atoms with van der Waals surface area (Å²) in [7, 11) is 0. The molecule has 0 atom stereocenters. The summed E-state index contributed by atoms with van der Waals surface area (Å²) in [5, 5.41) is 0.103. The van der Waals surface area contributed by atoms with Crippen LogP contribution in [0.5, 0.6) is 0 Å². The van der Waals surface area contributed by atoms with Gasteiger partial charge < -0.3 is 9.13 Å². The lowest BCUT2D eigenvalue weighted by Crippen LogP contribution is -2.05. The van der Waals surface area contributed by atoms with Crippen LogP contribution in [0.25, 0.3) is 22.6 Å². The Bertz CT molecular complexity index is 1230. The van der Waals surface area contributed by atoms with Crippen molar-refractivity contribution in [2.24, 2.45) is 0 Å². The number of fused-ring (bicyclic) bond motifs is 1. The first kappa shape index (κ1) is 21.6. The van der Waals surface area contributed by atoms with Crippen LogP contribution >= 0.6 is 23.2 Å². The molecule has 0 saturated heterocycles. The van der Waals surface area contributed by atoms with Crippen molar-refractivity contribution in [3.8, 4) is 11.4 Å². The van der Waals surface area contributed by atoms with Gasteiger partial charge in [-0.1, -0.05) is 24.3 Å². The van der Waals surface area contributed by atoms with Crippen LogP contribution in [0.15, 0.2) is 36.7 Å². The van der Waals surface area contributed by atoms with Crippen molar-refractivity contribution in [1.82, 2.24) is 29.1 Å². The number of hydrogen-bond donors (Lipinski definition) is 0. The molecule has 0 N–H and O–H groups in total. The number of hydrogen-bond acceptors (Lipinski definition) is 4. The van der Waals surface area contributed by atoms with E-state index in [0.29, 0.717) is 29.1 Å². The number of benzene rings is 1. The highest BCUT2D eigenvalue weighted by atomic mass is 35.5. The van der Waals surface area contributed by atoms with E-state index >= 15 is 0 Å². The maximum Gasteiger partial charge on any atom is 0.434 e. The number of alkyl halides is 4. The molecular weight excluding hydrogens is 452 g/mol. The molecule has 0 aliphatic carbocycles. The lowest BCUT2D eigenvalue weighted by molar-refractivity contribution is -0.140. The van der Waals surface area contributed by atoms with Crippen molar-refractivity contribution in [3.05, 3.63) is 59.0 Å². The second-order valence-electron chi connectivity index (χ2n) is 7.24. The molecule has 1 aromatic carbocycles. The van der Waals surface area contributed by atoms with Gasteiger partial charge in [0.2, 0.25) is 5.28 Å². The third kappa shape index (κ3) is 4.24. The van der Waals surface area contributed by atoms with Crippen LogP contribution in [0.3, 0.4) is 0 Å². The molecule has 11 heteroatoms. The van der Waals surface area contributed by atoms with Gasteiger partial charge in [0, 0.05) is 17.8 Å². The SMILES string of the molecule is CC(C)n1cc(C(F)(F)F)nc1-c1ccc(Cn2c(CCl)nc3cnc(Cl)nc32)cc1. The normalized spacial score (nSPS) is 12.3. The van der Waals surface area contributed by atoms with Crippen LogP contribution in [0.1, 0.15) is 37.0 Å². The molecule has 0 saturated carbocycles. The predicted octanol–water partition coefficient (Wildman–Crippen LogP) is 5.73. The molecule has 4 rings (SSSR count). The maximum absolute atomic E-state index is 13.1. The number of halogens is 5. The van der Waals surface area contributed by atoms with E-state index in [1.807, 2.05) is 30.5 Å². The van der Waals surface area contributed by atoms with E-state index in [9.17, 15) is 13.2 Å². The van der Waals surface area contributed by atoms with Gasteiger partial charge in [-0.25, -0.2) is 15.0 Å². The average Bonchev–Trinajstić information content (AvgIpc) is 3.31. The largest absolute Gasteiger partial charge is 0.434 e. The Hall–Kier alpha value is -2.65. The smallest absolute Gasteiger partial charge is 0.328 e. The van der Waals surface area contributed by atoms with Gasteiger partial charge in [-0.05, 0) is 31.0 Å². The molecule has 6 nitrogen and oxygen atoms in total. The minimum Gasteiger partial charge on any atom is -0.328 e. The van der Waals surface area contributed by atoms with E-state index in [1.54, 1.807) is 12.1 Å². The van der Waals surface area contributed by atoms with Crippen molar-refractivity contribution in [3.63, 3.8) is 0 Å². The summed E-state index contributed by atoms with van der Waals surface area (Å²) in [4.78, 5) is 16.4. The first-order chi connectivity index (χ1) is 14.7. The molecule has 3 heterocycles. The number of imidazole rings is 2. The Kier molecular flexibility index (Phi) is 5.65. The molecule has 31 heavy (non-hydrogen) atoms. The van der Waals surface area contributed by atoms with Crippen LogP contribution in [0.4, 0.5) is 13.2 Å². The molecule has 0 unspecified atom stereocenters. The molecule has 0 amide bonds. The van der Waals surface area contributed by atoms with Gasteiger partial charge in [0.1, 0.15) is 17.2 Å². The Morgan fingerprint density at radius 3 is 2.39 bits per heavy atom. The Morgan fingerprint density at radius 2 is 1.77 bits per heavy atom. The van der Waals surface area contributed by atoms with Crippen molar-refractivity contribution in [1.29, 1.82) is 0 Å². The van der Waals surface area contributed by atoms with Gasteiger partial charge in [0.05, 0.1) is 18.6 Å². The van der Waals surface area contributed by atoms with Gasteiger partial charge in [-0.15, -0.1) is 11.6 Å². The van der Waals surface area contributed by atoms with E-state index in [4.69, 9.17) is 23.2 Å². The Labute approximate surface area is 185 Å². The number of aromatic nitrogens is 6.